The molecule has 0 saturated carbocycles. The van der Waals surface area contributed by atoms with Crippen molar-refractivity contribution in [2.75, 3.05) is 5.32 Å². The largest absolute Gasteiger partial charge is 0.293 e. The lowest BCUT2D eigenvalue weighted by atomic mass is 10.4. The Hall–Kier alpha value is -1.69. The number of hydrogen-bond acceptors (Lipinski definition) is 4. The molecule has 2 N–H and O–H groups in total. The number of rotatable bonds is 2. The van der Waals surface area contributed by atoms with E-state index < -0.39 is 0 Å². The van der Waals surface area contributed by atoms with Crippen molar-refractivity contribution in [2.45, 2.75) is 13.8 Å². The number of thiophene rings is 1. The molecule has 2 rings (SSSR count). The third-order valence-corrected chi connectivity index (χ3v) is 2.75. The number of amides is 1. The van der Waals surface area contributed by atoms with Gasteiger partial charge in [-0.3, -0.25) is 15.2 Å². The van der Waals surface area contributed by atoms with Gasteiger partial charge in [-0.15, -0.1) is 16.4 Å². The predicted octanol–water partition coefficient (Wildman–Crippen LogP) is 1.80. The first-order valence-corrected chi connectivity index (χ1v) is 5.23. The van der Waals surface area contributed by atoms with E-state index in [9.17, 15) is 4.79 Å². The maximum absolute atomic E-state index is 10.8. The molecule has 1 amide bonds. The third-order valence-electron chi connectivity index (χ3n) is 1.75. The summed E-state index contributed by atoms with van der Waals surface area (Å²) in [5.41, 5.74) is 0. The van der Waals surface area contributed by atoms with Crippen LogP contribution in [-0.2, 0) is 4.79 Å². The average Bonchev–Trinajstić information content (AvgIpc) is 2.72. The number of aryl methyl sites for hydroxylation is 1. The number of carbonyl (C=O) groups is 1. The van der Waals surface area contributed by atoms with E-state index in [1.54, 1.807) is 11.3 Å². The van der Waals surface area contributed by atoms with Crippen LogP contribution in [0.3, 0.4) is 0 Å². The minimum Gasteiger partial charge on any atom is -0.293 e. The standard InChI is InChI=1S/C9H10N4OS/c1-5-3-4-7(15-5)8-11-9(13-12-8)10-6(2)14/h3-4H,1-2H3,(H2,10,11,12,13,14). The minimum absolute atomic E-state index is 0.178. The predicted molar refractivity (Wildman–Crippen MR) is 58.7 cm³/mol. The van der Waals surface area contributed by atoms with E-state index in [4.69, 9.17) is 0 Å². The Morgan fingerprint density at radius 1 is 1.53 bits per heavy atom. The molecular formula is C9H10N4OS. The summed E-state index contributed by atoms with van der Waals surface area (Å²) < 4.78 is 0. The highest BCUT2D eigenvalue weighted by molar-refractivity contribution is 7.15. The van der Waals surface area contributed by atoms with Gasteiger partial charge >= 0.3 is 0 Å². The number of hydrogen-bond donors (Lipinski definition) is 2. The molecule has 0 unspecified atom stereocenters. The van der Waals surface area contributed by atoms with Gasteiger partial charge in [-0.05, 0) is 19.1 Å². The third kappa shape index (κ3) is 2.21. The Bertz CT molecular complexity index is 488. The lowest BCUT2D eigenvalue weighted by Crippen LogP contribution is -2.06. The normalized spacial score (nSPS) is 10.3. The number of nitrogens with one attached hydrogen (secondary N) is 2. The Labute approximate surface area is 90.6 Å². The maximum atomic E-state index is 10.8. The van der Waals surface area contributed by atoms with Crippen LogP contribution in [-0.4, -0.2) is 21.1 Å². The SMILES string of the molecule is CC(=O)Nc1n[nH]c(-c2ccc(C)s2)n1. The lowest BCUT2D eigenvalue weighted by molar-refractivity contribution is -0.114. The van der Waals surface area contributed by atoms with E-state index >= 15 is 0 Å². The van der Waals surface area contributed by atoms with Crippen molar-refractivity contribution < 1.29 is 4.79 Å². The second-order valence-electron chi connectivity index (χ2n) is 3.10. The molecule has 0 spiro atoms. The van der Waals surface area contributed by atoms with Gasteiger partial charge in [0.05, 0.1) is 4.88 Å². The molecule has 0 aliphatic heterocycles. The fraction of sp³-hybridized carbons (Fsp3) is 0.222. The van der Waals surface area contributed by atoms with Crippen LogP contribution < -0.4 is 5.32 Å². The molecule has 0 aliphatic rings. The number of nitrogens with zero attached hydrogens (tertiary/aromatic N) is 2. The molecule has 0 radical (unpaired) electrons. The van der Waals surface area contributed by atoms with Gasteiger partial charge in [0.25, 0.3) is 0 Å². The number of aromatic amines is 1. The fourth-order valence-corrected chi connectivity index (χ4v) is 1.95. The summed E-state index contributed by atoms with van der Waals surface area (Å²) >= 11 is 1.63. The summed E-state index contributed by atoms with van der Waals surface area (Å²) in [7, 11) is 0. The molecule has 5 nitrogen and oxygen atoms in total. The van der Waals surface area contributed by atoms with Crippen molar-refractivity contribution in [1.82, 2.24) is 15.2 Å². The van der Waals surface area contributed by atoms with Crippen LogP contribution in [0, 0.1) is 6.92 Å². The molecule has 2 aromatic rings. The molecule has 2 aromatic heterocycles. The first-order valence-electron chi connectivity index (χ1n) is 4.42. The van der Waals surface area contributed by atoms with E-state index in [0.29, 0.717) is 11.8 Å². The Morgan fingerprint density at radius 2 is 2.33 bits per heavy atom. The first-order chi connectivity index (χ1) is 7.15. The summed E-state index contributed by atoms with van der Waals surface area (Å²) in [6.45, 7) is 3.45. The molecule has 78 valence electrons. The van der Waals surface area contributed by atoms with Gasteiger partial charge in [0, 0.05) is 11.8 Å². The summed E-state index contributed by atoms with van der Waals surface area (Å²) in [4.78, 5) is 17.1. The van der Waals surface area contributed by atoms with Gasteiger partial charge in [-0.1, -0.05) is 0 Å². The van der Waals surface area contributed by atoms with Gasteiger partial charge in [-0.25, -0.2) is 0 Å². The Kier molecular flexibility index (Phi) is 2.51. The van der Waals surface area contributed by atoms with E-state index in [-0.39, 0.29) is 5.91 Å². The van der Waals surface area contributed by atoms with Crippen LogP contribution in [0.4, 0.5) is 5.95 Å². The van der Waals surface area contributed by atoms with E-state index in [1.165, 1.54) is 11.8 Å². The monoisotopic (exact) mass is 222 g/mol. The van der Waals surface area contributed by atoms with Gasteiger partial charge in [0.15, 0.2) is 5.82 Å². The van der Waals surface area contributed by atoms with Gasteiger partial charge in [-0.2, -0.15) is 4.98 Å². The quantitative estimate of drug-likeness (QED) is 0.814. The first kappa shape index (κ1) is 9.85. The van der Waals surface area contributed by atoms with Crippen LogP contribution in [0.5, 0.6) is 0 Å². The second kappa shape index (κ2) is 3.82. The lowest BCUT2D eigenvalue weighted by Gasteiger charge is -1.90. The van der Waals surface area contributed by atoms with Crippen molar-refractivity contribution in [3.8, 4) is 10.7 Å². The highest BCUT2D eigenvalue weighted by Gasteiger charge is 2.07. The highest BCUT2D eigenvalue weighted by Crippen LogP contribution is 2.24. The average molecular weight is 222 g/mol. The molecule has 0 saturated heterocycles. The number of anilines is 1. The minimum atomic E-state index is -0.178. The number of H-pyrrole nitrogens is 1. The van der Waals surface area contributed by atoms with Gasteiger partial charge < -0.3 is 0 Å². The Morgan fingerprint density at radius 3 is 2.93 bits per heavy atom. The second-order valence-corrected chi connectivity index (χ2v) is 4.39. The summed E-state index contributed by atoms with van der Waals surface area (Å²) in [6.07, 6.45) is 0. The summed E-state index contributed by atoms with van der Waals surface area (Å²) in [5.74, 6) is 0.809. The molecule has 2 heterocycles. The van der Waals surface area contributed by atoms with Gasteiger partial charge in [0.1, 0.15) is 0 Å². The molecular weight excluding hydrogens is 212 g/mol. The van der Waals surface area contributed by atoms with Crippen LogP contribution in [0.2, 0.25) is 0 Å². The van der Waals surface area contributed by atoms with E-state index in [1.807, 2.05) is 19.1 Å². The summed E-state index contributed by atoms with van der Waals surface area (Å²) in [6, 6.07) is 3.98. The van der Waals surface area contributed by atoms with E-state index in [2.05, 4.69) is 20.5 Å². The van der Waals surface area contributed by atoms with Crippen LogP contribution >= 0.6 is 11.3 Å². The van der Waals surface area contributed by atoms with Crippen molar-refractivity contribution in [3.63, 3.8) is 0 Å². The molecule has 0 atom stereocenters. The fourth-order valence-electron chi connectivity index (χ4n) is 1.15. The topological polar surface area (TPSA) is 70.7 Å². The number of carbonyl (C=O) groups excluding carboxylic acids is 1. The highest BCUT2D eigenvalue weighted by atomic mass is 32.1. The van der Waals surface area contributed by atoms with E-state index in [0.717, 1.165) is 4.88 Å². The van der Waals surface area contributed by atoms with Crippen molar-refractivity contribution >= 4 is 23.2 Å². The zero-order chi connectivity index (χ0) is 10.8. The molecule has 0 fully saturated rings. The van der Waals surface area contributed by atoms with Crippen molar-refractivity contribution in [1.29, 1.82) is 0 Å². The maximum Gasteiger partial charge on any atom is 0.249 e. The Balaban J connectivity index is 2.23. The van der Waals surface area contributed by atoms with Crippen LogP contribution in [0.1, 0.15) is 11.8 Å². The van der Waals surface area contributed by atoms with Crippen molar-refractivity contribution in [2.24, 2.45) is 0 Å². The van der Waals surface area contributed by atoms with Crippen LogP contribution in [0.25, 0.3) is 10.7 Å². The molecule has 0 aliphatic carbocycles. The zero-order valence-electron chi connectivity index (χ0n) is 8.37. The molecule has 0 bridgehead atoms. The molecule has 15 heavy (non-hydrogen) atoms. The molecule has 6 heteroatoms. The smallest absolute Gasteiger partial charge is 0.249 e. The van der Waals surface area contributed by atoms with Gasteiger partial charge in [0.2, 0.25) is 11.9 Å². The summed E-state index contributed by atoms with van der Waals surface area (Å²) in [5, 5.41) is 9.17. The van der Waals surface area contributed by atoms with Crippen LogP contribution in [0.15, 0.2) is 12.1 Å². The number of aromatic nitrogens is 3. The molecule has 0 aromatic carbocycles. The zero-order valence-corrected chi connectivity index (χ0v) is 9.18. The van der Waals surface area contributed by atoms with Crippen molar-refractivity contribution in [3.05, 3.63) is 17.0 Å².